The molecule has 1 fully saturated rings. The van der Waals surface area contributed by atoms with Gasteiger partial charge in [0.25, 0.3) is 0 Å². The van der Waals surface area contributed by atoms with E-state index in [1.165, 1.54) is 4.31 Å². The fourth-order valence-electron chi connectivity index (χ4n) is 2.58. The fourth-order valence-corrected chi connectivity index (χ4v) is 4.17. The monoisotopic (exact) mass is 311 g/mol. The number of carbonyl (C=O) groups is 1. The van der Waals surface area contributed by atoms with Crippen molar-refractivity contribution in [2.24, 2.45) is 17.4 Å². The Labute approximate surface area is 125 Å². The first-order valence-corrected chi connectivity index (χ1v) is 8.58. The van der Waals surface area contributed by atoms with Crippen LogP contribution in [0.1, 0.15) is 24.0 Å². The molecule has 21 heavy (non-hydrogen) atoms. The van der Waals surface area contributed by atoms with E-state index in [0.717, 1.165) is 5.56 Å². The molecule has 1 atom stereocenters. The highest BCUT2D eigenvalue weighted by molar-refractivity contribution is 7.88. The van der Waals surface area contributed by atoms with Crippen molar-refractivity contribution in [1.82, 2.24) is 4.31 Å². The van der Waals surface area contributed by atoms with E-state index >= 15 is 0 Å². The molecule has 7 heteroatoms. The fraction of sp³-hybridized carbons (Fsp3) is 0.500. The number of benzene rings is 1. The molecule has 0 aromatic heterocycles. The Morgan fingerprint density at radius 3 is 2.71 bits per heavy atom. The molecule has 0 saturated carbocycles. The van der Waals surface area contributed by atoms with E-state index in [1.807, 2.05) is 6.07 Å². The maximum absolute atomic E-state index is 12.5. The molecule has 0 radical (unpaired) electrons. The van der Waals surface area contributed by atoms with E-state index in [-0.39, 0.29) is 18.2 Å². The Morgan fingerprint density at radius 1 is 1.33 bits per heavy atom. The Morgan fingerprint density at radius 2 is 2.05 bits per heavy atom. The molecule has 1 saturated heterocycles. The molecule has 116 valence electrons. The van der Waals surface area contributed by atoms with Gasteiger partial charge in [-0.25, -0.2) is 12.7 Å². The predicted molar refractivity (Wildman–Crippen MR) is 80.4 cm³/mol. The lowest BCUT2D eigenvalue weighted by Gasteiger charge is -2.30. The van der Waals surface area contributed by atoms with Crippen LogP contribution >= 0.6 is 0 Å². The van der Waals surface area contributed by atoms with Crippen molar-refractivity contribution >= 4 is 15.9 Å². The van der Waals surface area contributed by atoms with Crippen molar-refractivity contribution in [1.29, 1.82) is 0 Å². The number of hydrogen-bond acceptors (Lipinski definition) is 4. The van der Waals surface area contributed by atoms with Crippen LogP contribution in [-0.4, -0.2) is 31.7 Å². The van der Waals surface area contributed by atoms with Gasteiger partial charge in [0.05, 0.1) is 11.7 Å². The van der Waals surface area contributed by atoms with Crippen LogP contribution in [0.2, 0.25) is 0 Å². The maximum Gasteiger partial charge on any atom is 0.221 e. The third-order valence-electron chi connectivity index (χ3n) is 3.76. The van der Waals surface area contributed by atoms with Gasteiger partial charge in [-0.3, -0.25) is 4.79 Å². The molecule has 1 heterocycles. The van der Waals surface area contributed by atoms with Crippen molar-refractivity contribution in [3.05, 3.63) is 35.4 Å². The summed E-state index contributed by atoms with van der Waals surface area (Å²) in [5, 5.41) is 0. The molecule has 1 unspecified atom stereocenters. The summed E-state index contributed by atoms with van der Waals surface area (Å²) in [5.74, 6) is -0.893. The smallest absolute Gasteiger partial charge is 0.221 e. The summed E-state index contributed by atoms with van der Waals surface area (Å²) in [4.78, 5) is 11.3. The normalized spacial score (nSPS) is 20.3. The van der Waals surface area contributed by atoms with Crippen LogP contribution in [0.4, 0.5) is 0 Å². The second kappa shape index (κ2) is 6.55. The van der Waals surface area contributed by atoms with Crippen LogP contribution in [0.5, 0.6) is 0 Å². The SMILES string of the molecule is NCc1cccc(CS(=O)(=O)N2CCCC(C(N)=O)C2)c1. The first-order chi connectivity index (χ1) is 9.92. The highest BCUT2D eigenvalue weighted by atomic mass is 32.2. The van der Waals surface area contributed by atoms with E-state index in [9.17, 15) is 13.2 Å². The minimum absolute atomic E-state index is 0.0771. The molecule has 0 spiro atoms. The van der Waals surface area contributed by atoms with E-state index in [2.05, 4.69) is 0 Å². The molecule has 2 rings (SSSR count). The lowest BCUT2D eigenvalue weighted by atomic mass is 9.99. The quantitative estimate of drug-likeness (QED) is 0.808. The zero-order valence-corrected chi connectivity index (χ0v) is 12.7. The summed E-state index contributed by atoms with van der Waals surface area (Å²) in [6, 6.07) is 7.23. The molecule has 1 amide bonds. The Bertz CT molecular complexity index is 616. The van der Waals surface area contributed by atoms with Crippen molar-refractivity contribution in [3.8, 4) is 0 Å². The van der Waals surface area contributed by atoms with Gasteiger partial charge in [0, 0.05) is 19.6 Å². The third-order valence-corrected chi connectivity index (χ3v) is 5.57. The number of hydrogen-bond donors (Lipinski definition) is 2. The molecule has 0 aliphatic carbocycles. The van der Waals surface area contributed by atoms with Gasteiger partial charge in [0.15, 0.2) is 0 Å². The first kappa shape index (κ1) is 15.9. The highest BCUT2D eigenvalue weighted by Gasteiger charge is 2.31. The van der Waals surface area contributed by atoms with Gasteiger partial charge in [-0.2, -0.15) is 0 Å². The van der Waals surface area contributed by atoms with Gasteiger partial charge >= 0.3 is 0 Å². The molecule has 6 nitrogen and oxygen atoms in total. The maximum atomic E-state index is 12.5. The summed E-state index contributed by atoms with van der Waals surface area (Å²) in [6.45, 7) is 1.01. The predicted octanol–water partition coefficient (Wildman–Crippen LogP) is 0.172. The van der Waals surface area contributed by atoms with E-state index in [0.29, 0.717) is 31.5 Å². The van der Waals surface area contributed by atoms with Gasteiger partial charge in [-0.15, -0.1) is 0 Å². The van der Waals surface area contributed by atoms with E-state index in [4.69, 9.17) is 11.5 Å². The minimum Gasteiger partial charge on any atom is -0.369 e. The van der Waals surface area contributed by atoms with E-state index in [1.54, 1.807) is 18.2 Å². The summed E-state index contributed by atoms with van der Waals surface area (Å²) in [6.07, 6.45) is 1.32. The number of carbonyl (C=O) groups excluding carboxylic acids is 1. The molecule has 1 aromatic rings. The number of primary amides is 1. The lowest BCUT2D eigenvalue weighted by Crippen LogP contribution is -2.44. The topological polar surface area (TPSA) is 106 Å². The lowest BCUT2D eigenvalue weighted by molar-refractivity contribution is -0.122. The number of sulfonamides is 1. The van der Waals surface area contributed by atoms with Gasteiger partial charge in [-0.05, 0) is 24.0 Å². The van der Waals surface area contributed by atoms with Crippen LogP contribution in [0.3, 0.4) is 0 Å². The summed E-state index contributed by atoms with van der Waals surface area (Å²) < 4.78 is 26.3. The van der Waals surface area contributed by atoms with Crippen molar-refractivity contribution in [2.75, 3.05) is 13.1 Å². The average Bonchev–Trinajstić information content (AvgIpc) is 2.47. The van der Waals surface area contributed by atoms with Gasteiger partial charge in [0.1, 0.15) is 0 Å². The Hall–Kier alpha value is -1.44. The number of amides is 1. The molecular weight excluding hydrogens is 290 g/mol. The van der Waals surface area contributed by atoms with Crippen LogP contribution in [0.15, 0.2) is 24.3 Å². The van der Waals surface area contributed by atoms with Crippen molar-refractivity contribution < 1.29 is 13.2 Å². The largest absolute Gasteiger partial charge is 0.369 e. The number of nitrogens with zero attached hydrogens (tertiary/aromatic N) is 1. The van der Waals surface area contributed by atoms with Crippen LogP contribution in [0.25, 0.3) is 0 Å². The standard InChI is InChI=1S/C14H21N3O3S/c15-8-11-3-1-4-12(7-11)10-21(19,20)17-6-2-5-13(9-17)14(16)18/h1,3-4,7,13H,2,5-6,8-10,15H2,(H2,16,18). The van der Waals surface area contributed by atoms with Crippen molar-refractivity contribution in [2.45, 2.75) is 25.1 Å². The summed E-state index contributed by atoms with van der Waals surface area (Å²) in [5.41, 5.74) is 12.5. The molecule has 1 aromatic carbocycles. The number of rotatable bonds is 5. The molecule has 4 N–H and O–H groups in total. The van der Waals surface area contributed by atoms with Gasteiger partial charge < -0.3 is 11.5 Å². The number of piperidine rings is 1. The van der Waals surface area contributed by atoms with Crippen LogP contribution in [0, 0.1) is 5.92 Å². The molecule has 1 aliphatic heterocycles. The zero-order valence-electron chi connectivity index (χ0n) is 11.9. The van der Waals surface area contributed by atoms with Crippen LogP contribution in [-0.2, 0) is 27.1 Å². The summed E-state index contributed by atoms with van der Waals surface area (Å²) in [7, 11) is -3.44. The van der Waals surface area contributed by atoms with Crippen molar-refractivity contribution in [3.63, 3.8) is 0 Å². The molecule has 0 bridgehead atoms. The van der Waals surface area contributed by atoms with E-state index < -0.39 is 15.9 Å². The second-order valence-corrected chi connectivity index (χ2v) is 7.35. The third kappa shape index (κ3) is 4.03. The second-order valence-electron chi connectivity index (χ2n) is 5.38. The highest BCUT2D eigenvalue weighted by Crippen LogP contribution is 2.21. The minimum atomic E-state index is -3.44. The Kier molecular flexibility index (Phi) is 4.97. The number of nitrogens with two attached hydrogens (primary N) is 2. The average molecular weight is 311 g/mol. The Balaban J connectivity index is 2.12. The zero-order chi connectivity index (χ0) is 15.5. The first-order valence-electron chi connectivity index (χ1n) is 6.97. The molecular formula is C14H21N3O3S. The van der Waals surface area contributed by atoms with Gasteiger partial charge in [0.2, 0.25) is 15.9 Å². The van der Waals surface area contributed by atoms with Gasteiger partial charge in [-0.1, -0.05) is 24.3 Å². The van der Waals surface area contributed by atoms with Crippen LogP contribution < -0.4 is 11.5 Å². The molecule has 1 aliphatic rings. The summed E-state index contributed by atoms with van der Waals surface area (Å²) >= 11 is 0.